The Morgan fingerprint density at radius 3 is 2.47 bits per heavy atom. The van der Waals surface area contributed by atoms with Gasteiger partial charge in [0.25, 0.3) is 0 Å². The summed E-state index contributed by atoms with van der Waals surface area (Å²) in [4.78, 5) is 9.55. The zero-order chi connectivity index (χ0) is 12.5. The fourth-order valence-corrected chi connectivity index (χ4v) is 1.70. The lowest BCUT2D eigenvalue weighted by atomic mass is 10.1. The molecule has 2 N–H and O–H groups in total. The summed E-state index contributed by atoms with van der Waals surface area (Å²) >= 11 is 0. The summed E-state index contributed by atoms with van der Waals surface area (Å²) in [5.74, 6) is 0.668. The van der Waals surface area contributed by atoms with Crippen molar-refractivity contribution in [3.8, 4) is 0 Å². The number of alkyl halides is 3. The normalized spacial score (nSPS) is 16.9. The van der Waals surface area contributed by atoms with Crippen molar-refractivity contribution in [1.29, 1.82) is 0 Å². The van der Waals surface area contributed by atoms with E-state index >= 15 is 0 Å². The number of halogens is 3. The summed E-state index contributed by atoms with van der Waals surface area (Å²) in [6, 6.07) is 0. The van der Waals surface area contributed by atoms with E-state index in [1.54, 1.807) is 4.90 Å². The number of hydrogen-bond donors (Lipinski definition) is 1. The van der Waals surface area contributed by atoms with Gasteiger partial charge in [-0.05, 0) is 6.42 Å². The summed E-state index contributed by atoms with van der Waals surface area (Å²) in [6.45, 7) is 0.395. The molecule has 1 aliphatic rings. The maximum atomic E-state index is 12.4. The predicted molar refractivity (Wildman–Crippen MR) is 57.4 cm³/mol. The number of anilines is 2. The van der Waals surface area contributed by atoms with Crippen LogP contribution in [0.2, 0.25) is 0 Å². The van der Waals surface area contributed by atoms with Gasteiger partial charge in [-0.25, -0.2) is 9.97 Å². The van der Waals surface area contributed by atoms with Crippen LogP contribution in [0.3, 0.4) is 0 Å². The van der Waals surface area contributed by atoms with Gasteiger partial charge in [0.1, 0.15) is 0 Å². The molecule has 7 heteroatoms. The summed E-state index contributed by atoms with van der Waals surface area (Å²) in [6.07, 6.45) is -0.217. The summed E-state index contributed by atoms with van der Waals surface area (Å²) in [5.41, 5.74) is 5.12. The van der Waals surface area contributed by atoms with Gasteiger partial charge in [0, 0.05) is 31.1 Å². The van der Waals surface area contributed by atoms with E-state index in [4.69, 9.17) is 5.73 Å². The van der Waals surface area contributed by atoms with Crippen LogP contribution in [0.4, 0.5) is 24.8 Å². The van der Waals surface area contributed by atoms with Crippen LogP contribution in [0, 0.1) is 0 Å². The van der Waals surface area contributed by atoms with Gasteiger partial charge >= 0.3 is 6.18 Å². The second kappa shape index (κ2) is 4.23. The molecule has 0 fully saturated rings. The molecule has 92 valence electrons. The first kappa shape index (κ1) is 11.7. The molecule has 0 atom stereocenters. The molecule has 1 aromatic heterocycles. The molecule has 0 aromatic carbocycles. The topological polar surface area (TPSA) is 55.0 Å². The van der Waals surface area contributed by atoms with Crippen LogP contribution < -0.4 is 10.6 Å². The van der Waals surface area contributed by atoms with Crippen molar-refractivity contribution in [1.82, 2.24) is 9.97 Å². The minimum atomic E-state index is -4.24. The third-order valence-electron chi connectivity index (χ3n) is 2.58. The largest absolute Gasteiger partial charge is 0.412 e. The molecule has 4 nitrogen and oxygen atoms in total. The van der Waals surface area contributed by atoms with Gasteiger partial charge < -0.3 is 10.6 Å². The smallest absolute Gasteiger partial charge is 0.381 e. The Morgan fingerprint density at radius 2 is 1.94 bits per heavy atom. The number of hydrogen-bond acceptors (Lipinski definition) is 4. The van der Waals surface area contributed by atoms with Crippen molar-refractivity contribution in [3.63, 3.8) is 0 Å². The van der Waals surface area contributed by atoms with Crippen LogP contribution in [0.15, 0.2) is 24.0 Å². The monoisotopic (exact) mass is 244 g/mol. The molecule has 0 saturated heterocycles. The van der Waals surface area contributed by atoms with E-state index in [2.05, 4.69) is 9.97 Å². The highest BCUT2D eigenvalue weighted by atomic mass is 19.4. The van der Waals surface area contributed by atoms with E-state index in [1.807, 2.05) is 0 Å². The van der Waals surface area contributed by atoms with Crippen molar-refractivity contribution in [2.45, 2.75) is 12.6 Å². The minimum absolute atomic E-state index is 0.0560. The summed E-state index contributed by atoms with van der Waals surface area (Å²) < 4.78 is 37.2. The van der Waals surface area contributed by atoms with Crippen LogP contribution in [0.1, 0.15) is 6.42 Å². The maximum Gasteiger partial charge on any atom is 0.412 e. The van der Waals surface area contributed by atoms with Crippen LogP contribution in [0.5, 0.6) is 0 Å². The lowest BCUT2D eigenvalue weighted by Crippen LogP contribution is -2.33. The van der Waals surface area contributed by atoms with E-state index in [0.29, 0.717) is 5.82 Å². The molecule has 0 radical (unpaired) electrons. The first-order valence-electron chi connectivity index (χ1n) is 5.06. The number of nitrogens with zero attached hydrogens (tertiary/aromatic N) is 3. The van der Waals surface area contributed by atoms with Gasteiger partial charge in [0.05, 0.1) is 0 Å². The molecule has 0 bridgehead atoms. The van der Waals surface area contributed by atoms with Crippen LogP contribution >= 0.6 is 0 Å². The maximum absolute atomic E-state index is 12.4. The van der Waals surface area contributed by atoms with Gasteiger partial charge in [0.15, 0.2) is 11.6 Å². The van der Waals surface area contributed by atoms with E-state index in [9.17, 15) is 13.2 Å². The average Bonchev–Trinajstić information content (AvgIpc) is 2.29. The molecule has 1 aliphatic heterocycles. The van der Waals surface area contributed by atoms with E-state index in [0.717, 1.165) is 6.08 Å². The van der Waals surface area contributed by atoms with Crippen molar-refractivity contribution in [2.24, 2.45) is 0 Å². The minimum Gasteiger partial charge on any atom is -0.381 e. The third-order valence-corrected chi connectivity index (χ3v) is 2.58. The molecular weight excluding hydrogens is 233 g/mol. The number of aromatic nitrogens is 2. The molecule has 0 saturated carbocycles. The van der Waals surface area contributed by atoms with Crippen molar-refractivity contribution in [3.05, 3.63) is 24.0 Å². The highest BCUT2D eigenvalue weighted by molar-refractivity contribution is 5.58. The fourth-order valence-electron chi connectivity index (χ4n) is 1.70. The lowest BCUT2D eigenvalue weighted by Gasteiger charge is -2.28. The second-order valence-electron chi connectivity index (χ2n) is 3.69. The Morgan fingerprint density at radius 1 is 1.24 bits per heavy atom. The first-order chi connectivity index (χ1) is 7.98. The van der Waals surface area contributed by atoms with Crippen molar-refractivity contribution in [2.75, 3.05) is 23.7 Å². The van der Waals surface area contributed by atoms with E-state index in [1.165, 1.54) is 12.4 Å². The van der Waals surface area contributed by atoms with Crippen LogP contribution in [-0.2, 0) is 0 Å². The first-order valence-corrected chi connectivity index (χ1v) is 5.06. The van der Waals surface area contributed by atoms with Crippen molar-refractivity contribution < 1.29 is 13.2 Å². The van der Waals surface area contributed by atoms with E-state index in [-0.39, 0.29) is 25.3 Å². The third kappa shape index (κ3) is 2.48. The van der Waals surface area contributed by atoms with Gasteiger partial charge in [0.2, 0.25) is 0 Å². The summed E-state index contributed by atoms with van der Waals surface area (Å²) in [5, 5.41) is 0. The molecule has 0 aliphatic carbocycles. The average molecular weight is 244 g/mol. The zero-order valence-electron chi connectivity index (χ0n) is 8.91. The Hall–Kier alpha value is -1.79. The highest BCUT2D eigenvalue weighted by Gasteiger charge is 2.35. The Balaban J connectivity index is 2.15. The zero-order valence-corrected chi connectivity index (χ0v) is 8.91. The Labute approximate surface area is 96.0 Å². The predicted octanol–water partition coefficient (Wildman–Crippen LogP) is 1.76. The highest BCUT2D eigenvalue weighted by Crippen LogP contribution is 2.31. The molecular formula is C10H11F3N4. The van der Waals surface area contributed by atoms with Gasteiger partial charge in [-0.1, -0.05) is 6.08 Å². The Bertz CT molecular complexity index is 441. The molecule has 0 amide bonds. The van der Waals surface area contributed by atoms with E-state index < -0.39 is 11.7 Å². The number of nitrogen functional groups attached to an aromatic ring is 1. The molecule has 1 aromatic rings. The molecule has 2 rings (SSSR count). The second-order valence-corrected chi connectivity index (χ2v) is 3.69. The SMILES string of the molecule is Nc1nccnc1N1CC=C(C(F)(F)F)CC1. The molecule has 0 unspecified atom stereocenters. The van der Waals surface area contributed by atoms with Crippen LogP contribution in [-0.4, -0.2) is 29.2 Å². The van der Waals surface area contributed by atoms with Gasteiger partial charge in [-0.15, -0.1) is 0 Å². The van der Waals surface area contributed by atoms with Crippen molar-refractivity contribution >= 4 is 11.6 Å². The van der Waals surface area contributed by atoms with Crippen LogP contribution in [0.25, 0.3) is 0 Å². The van der Waals surface area contributed by atoms with Gasteiger partial charge in [-0.2, -0.15) is 13.2 Å². The molecule has 2 heterocycles. The number of rotatable bonds is 1. The quantitative estimate of drug-likeness (QED) is 0.765. The molecule has 0 spiro atoms. The lowest BCUT2D eigenvalue weighted by molar-refractivity contribution is -0.0944. The number of nitrogens with two attached hydrogens (primary N) is 1. The summed E-state index contributed by atoms with van der Waals surface area (Å²) in [7, 11) is 0. The fraction of sp³-hybridized carbons (Fsp3) is 0.400. The molecule has 17 heavy (non-hydrogen) atoms. The Kier molecular flexibility index (Phi) is 2.91. The standard InChI is InChI=1S/C10H11F3N4/c11-10(12,13)7-1-5-17(6-2-7)9-8(14)15-3-4-16-9/h1,3-4H,2,5-6H2,(H2,14,15). The van der Waals surface area contributed by atoms with Gasteiger partial charge in [-0.3, -0.25) is 0 Å².